The molecule has 152 valence electrons. The SMILES string of the molecule is Cc1ccc(-c2csc3ncnc(Nc4ccc(N5CCN(C)CC5)cc4)c23)cc1. The summed E-state index contributed by atoms with van der Waals surface area (Å²) in [6.45, 7) is 6.48. The minimum atomic E-state index is 0.851. The third kappa shape index (κ3) is 3.76. The van der Waals surface area contributed by atoms with Crippen LogP contribution in [-0.2, 0) is 0 Å². The van der Waals surface area contributed by atoms with Gasteiger partial charge in [-0.3, -0.25) is 0 Å². The fourth-order valence-electron chi connectivity index (χ4n) is 3.87. The van der Waals surface area contributed by atoms with Crippen molar-refractivity contribution in [2.24, 2.45) is 0 Å². The van der Waals surface area contributed by atoms with E-state index >= 15 is 0 Å². The van der Waals surface area contributed by atoms with E-state index in [0.717, 1.165) is 47.9 Å². The second-order valence-electron chi connectivity index (χ2n) is 7.88. The van der Waals surface area contributed by atoms with Crippen LogP contribution in [-0.4, -0.2) is 48.1 Å². The molecule has 0 radical (unpaired) electrons. The standard InChI is InChI=1S/C24H25N5S/c1-17-3-5-18(6-4-17)21-15-30-24-22(21)23(25-16-26-24)27-19-7-9-20(10-8-19)29-13-11-28(2)12-14-29/h3-10,15-16H,11-14H2,1-2H3,(H,25,26,27). The predicted octanol–water partition coefficient (Wildman–Crippen LogP) is 5.16. The molecule has 1 aliphatic heterocycles. The summed E-state index contributed by atoms with van der Waals surface area (Å²) in [5.74, 6) is 0.851. The van der Waals surface area contributed by atoms with Crippen LogP contribution in [0.15, 0.2) is 60.2 Å². The first-order valence-electron chi connectivity index (χ1n) is 10.3. The lowest BCUT2D eigenvalue weighted by Gasteiger charge is -2.34. The van der Waals surface area contributed by atoms with Crippen LogP contribution < -0.4 is 10.2 Å². The zero-order valence-corrected chi connectivity index (χ0v) is 18.1. The van der Waals surface area contributed by atoms with Crippen molar-refractivity contribution < 1.29 is 0 Å². The number of rotatable bonds is 4. The van der Waals surface area contributed by atoms with Crippen LogP contribution in [0.1, 0.15) is 5.56 Å². The summed E-state index contributed by atoms with van der Waals surface area (Å²) < 4.78 is 0. The molecular weight excluding hydrogens is 390 g/mol. The first-order valence-corrected chi connectivity index (χ1v) is 11.2. The van der Waals surface area contributed by atoms with Crippen LogP contribution in [0.25, 0.3) is 21.3 Å². The Morgan fingerprint density at radius 1 is 0.900 bits per heavy atom. The number of piperazine rings is 1. The highest BCUT2D eigenvalue weighted by molar-refractivity contribution is 7.17. The van der Waals surface area contributed by atoms with Gasteiger partial charge < -0.3 is 15.1 Å². The van der Waals surface area contributed by atoms with Gasteiger partial charge in [-0.05, 0) is 43.8 Å². The van der Waals surface area contributed by atoms with Crippen molar-refractivity contribution >= 4 is 38.7 Å². The second kappa shape index (κ2) is 8.05. The lowest BCUT2D eigenvalue weighted by Crippen LogP contribution is -2.44. The molecule has 0 spiro atoms. The van der Waals surface area contributed by atoms with Gasteiger partial charge in [0.15, 0.2) is 0 Å². The molecule has 1 N–H and O–H groups in total. The van der Waals surface area contributed by atoms with E-state index in [-0.39, 0.29) is 0 Å². The predicted molar refractivity (Wildman–Crippen MR) is 127 cm³/mol. The molecule has 5 rings (SSSR count). The zero-order chi connectivity index (χ0) is 20.5. The molecule has 6 heteroatoms. The Hall–Kier alpha value is -2.96. The summed E-state index contributed by atoms with van der Waals surface area (Å²) >= 11 is 1.66. The van der Waals surface area contributed by atoms with Gasteiger partial charge in [-0.1, -0.05) is 29.8 Å². The molecular formula is C24H25N5S. The highest BCUT2D eigenvalue weighted by atomic mass is 32.1. The summed E-state index contributed by atoms with van der Waals surface area (Å²) in [6.07, 6.45) is 1.64. The molecule has 0 amide bonds. The van der Waals surface area contributed by atoms with Crippen molar-refractivity contribution in [1.29, 1.82) is 0 Å². The normalized spacial score (nSPS) is 14.9. The molecule has 2 aromatic heterocycles. The Balaban J connectivity index is 1.43. The molecule has 0 aliphatic carbocycles. The smallest absolute Gasteiger partial charge is 0.143 e. The van der Waals surface area contributed by atoms with Gasteiger partial charge in [-0.25, -0.2) is 9.97 Å². The molecule has 0 bridgehead atoms. The Labute approximate surface area is 181 Å². The molecule has 2 aromatic carbocycles. The van der Waals surface area contributed by atoms with Gasteiger partial charge in [0.05, 0.1) is 5.39 Å². The van der Waals surface area contributed by atoms with Crippen LogP contribution in [0.5, 0.6) is 0 Å². The number of aryl methyl sites for hydroxylation is 1. The third-order valence-electron chi connectivity index (χ3n) is 5.73. The number of aromatic nitrogens is 2. The van der Waals surface area contributed by atoms with E-state index in [0.29, 0.717) is 0 Å². The summed E-state index contributed by atoms with van der Waals surface area (Å²) in [5.41, 5.74) is 5.93. The van der Waals surface area contributed by atoms with E-state index in [1.807, 2.05) is 0 Å². The van der Waals surface area contributed by atoms with Crippen LogP contribution in [0.2, 0.25) is 0 Å². The monoisotopic (exact) mass is 415 g/mol. The summed E-state index contributed by atoms with van der Waals surface area (Å²) in [6, 6.07) is 17.3. The van der Waals surface area contributed by atoms with Crippen molar-refractivity contribution in [2.45, 2.75) is 6.92 Å². The van der Waals surface area contributed by atoms with E-state index < -0.39 is 0 Å². The first kappa shape index (κ1) is 19.0. The van der Waals surface area contributed by atoms with Crippen molar-refractivity contribution in [1.82, 2.24) is 14.9 Å². The molecule has 0 atom stereocenters. The third-order valence-corrected chi connectivity index (χ3v) is 6.62. The molecule has 0 unspecified atom stereocenters. The molecule has 30 heavy (non-hydrogen) atoms. The minimum absolute atomic E-state index is 0.851. The molecule has 1 fully saturated rings. The van der Waals surface area contributed by atoms with E-state index in [2.05, 4.69) is 93.0 Å². The van der Waals surface area contributed by atoms with E-state index in [1.165, 1.54) is 22.4 Å². The zero-order valence-electron chi connectivity index (χ0n) is 17.3. The summed E-state index contributed by atoms with van der Waals surface area (Å²) in [5, 5.41) is 6.77. The number of hydrogen-bond acceptors (Lipinski definition) is 6. The fraction of sp³-hybridized carbons (Fsp3) is 0.250. The van der Waals surface area contributed by atoms with Crippen LogP contribution >= 0.6 is 11.3 Å². The quantitative estimate of drug-likeness (QED) is 0.499. The number of nitrogens with zero attached hydrogens (tertiary/aromatic N) is 4. The number of anilines is 3. The average Bonchev–Trinajstić information content (AvgIpc) is 3.21. The lowest BCUT2D eigenvalue weighted by atomic mass is 10.0. The Bertz CT molecular complexity index is 1140. The summed E-state index contributed by atoms with van der Waals surface area (Å²) in [7, 11) is 2.18. The second-order valence-corrected chi connectivity index (χ2v) is 8.74. The molecule has 1 saturated heterocycles. The number of benzene rings is 2. The van der Waals surface area contributed by atoms with Gasteiger partial charge in [0.2, 0.25) is 0 Å². The van der Waals surface area contributed by atoms with E-state index in [4.69, 9.17) is 0 Å². The van der Waals surface area contributed by atoms with Gasteiger partial charge in [0.1, 0.15) is 17.0 Å². The molecule has 0 saturated carbocycles. The first-order chi connectivity index (χ1) is 14.7. The van der Waals surface area contributed by atoms with Crippen molar-refractivity contribution in [3.8, 4) is 11.1 Å². The largest absolute Gasteiger partial charge is 0.369 e. The minimum Gasteiger partial charge on any atom is -0.369 e. The van der Waals surface area contributed by atoms with Gasteiger partial charge in [0, 0.05) is 48.5 Å². The lowest BCUT2D eigenvalue weighted by molar-refractivity contribution is 0.313. The fourth-order valence-corrected chi connectivity index (χ4v) is 4.79. The molecule has 5 nitrogen and oxygen atoms in total. The maximum Gasteiger partial charge on any atom is 0.143 e. The number of nitrogens with one attached hydrogen (secondary N) is 1. The van der Waals surface area contributed by atoms with Crippen LogP contribution in [0.4, 0.5) is 17.2 Å². The Morgan fingerprint density at radius 3 is 2.37 bits per heavy atom. The van der Waals surface area contributed by atoms with Crippen molar-refractivity contribution in [3.05, 3.63) is 65.8 Å². The van der Waals surface area contributed by atoms with Gasteiger partial charge >= 0.3 is 0 Å². The van der Waals surface area contributed by atoms with Gasteiger partial charge in [-0.2, -0.15) is 0 Å². The number of likely N-dealkylation sites (N-methyl/N-ethyl adjacent to an activating group) is 1. The molecule has 4 aromatic rings. The number of fused-ring (bicyclic) bond motifs is 1. The van der Waals surface area contributed by atoms with E-state index in [9.17, 15) is 0 Å². The topological polar surface area (TPSA) is 44.3 Å². The van der Waals surface area contributed by atoms with Crippen molar-refractivity contribution in [3.63, 3.8) is 0 Å². The highest BCUT2D eigenvalue weighted by Crippen LogP contribution is 2.37. The maximum absolute atomic E-state index is 4.57. The van der Waals surface area contributed by atoms with Crippen LogP contribution in [0.3, 0.4) is 0 Å². The van der Waals surface area contributed by atoms with Gasteiger partial charge in [-0.15, -0.1) is 11.3 Å². The van der Waals surface area contributed by atoms with Crippen LogP contribution in [0, 0.1) is 6.92 Å². The average molecular weight is 416 g/mol. The molecule has 1 aliphatic rings. The number of thiophene rings is 1. The summed E-state index contributed by atoms with van der Waals surface area (Å²) in [4.78, 5) is 14.9. The van der Waals surface area contributed by atoms with Gasteiger partial charge in [0.25, 0.3) is 0 Å². The van der Waals surface area contributed by atoms with Crippen molar-refractivity contribution in [2.75, 3.05) is 43.4 Å². The number of hydrogen-bond donors (Lipinski definition) is 1. The Morgan fingerprint density at radius 2 is 1.63 bits per heavy atom. The van der Waals surface area contributed by atoms with E-state index in [1.54, 1.807) is 17.7 Å². The Kier molecular flexibility index (Phi) is 5.11. The maximum atomic E-state index is 4.57. The molecule has 3 heterocycles. The highest BCUT2D eigenvalue weighted by Gasteiger charge is 2.15.